The molecular formula is C17H26O4. The molecule has 0 spiro atoms. The highest BCUT2D eigenvalue weighted by Gasteiger charge is 2.38. The van der Waals surface area contributed by atoms with Crippen LogP contribution in [0.4, 0.5) is 0 Å². The fraction of sp³-hybridized carbons (Fsp3) is 0.647. The molecule has 1 aliphatic heterocycles. The summed E-state index contributed by atoms with van der Waals surface area (Å²) in [4.78, 5) is 0. The number of ether oxygens (including phenoxy) is 3. The summed E-state index contributed by atoms with van der Waals surface area (Å²) in [6, 6.07) is 5.71. The van der Waals surface area contributed by atoms with E-state index < -0.39 is 5.60 Å². The normalized spacial score (nSPS) is 29.2. The maximum Gasteiger partial charge on any atom is 0.161 e. The van der Waals surface area contributed by atoms with Gasteiger partial charge in [-0.3, -0.25) is 0 Å². The minimum atomic E-state index is -0.867. The molecule has 1 N–H and O–H groups in total. The SMILES string of the molecule is CCOc1ccc(C2(O)CC(C)OC(C)C2)cc1OCC. The molecule has 0 bridgehead atoms. The van der Waals surface area contributed by atoms with Crippen LogP contribution in [0.15, 0.2) is 18.2 Å². The average molecular weight is 294 g/mol. The summed E-state index contributed by atoms with van der Waals surface area (Å²) in [5, 5.41) is 11.0. The van der Waals surface area contributed by atoms with Gasteiger partial charge in [0.05, 0.1) is 31.0 Å². The molecule has 2 rings (SSSR count). The van der Waals surface area contributed by atoms with Crippen molar-refractivity contribution in [3.8, 4) is 11.5 Å². The Hall–Kier alpha value is -1.26. The maximum atomic E-state index is 11.0. The van der Waals surface area contributed by atoms with Crippen LogP contribution in [0.1, 0.15) is 46.1 Å². The molecule has 1 saturated heterocycles. The number of aliphatic hydroxyl groups is 1. The third-order valence-corrected chi connectivity index (χ3v) is 3.80. The largest absolute Gasteiger partial charge is 0.490 e. The molecule has 0 radical (unpaired) electrons. The molecule has 1 aliphatic rings. The Labute approximate surface area is 127 Å². The summed E-state index contributed by atoms with van der Waals surface area (Å²) in [5.41, 5.74) is 0.00429. The van der Waals surface area contributed by atoms with Crippen molar-refractivity contribution in [3.05, 3.63) is 23.8 Å². The van der Waals surface area contributed by atoms with E-state index in [4.69, 9.17) is 14.2 Å². The zero-order valence-electron chi connectivity index (χ0n) is 13.4. The lowest BCUT2D eigenvalue weighted by molar-refractivity contribution is -0.135. The third kappa shape index (κ3) is 3.69. The molecule has 0 saturated carbocycles. The molecule has 1 heterocycles. The van der Waals surface area contributed by atoms with Gasteiger partial charge in [-0.15, -0.1) is 0 Å². The lowest BCUT2D eigenvalue weighted by atomic mass is 9.81. The first kappa shape index (κ1) is 16.1. The highest BCUT2D eigenvalue weighted by atomic mass is 16.5. The summed E-state index contributed by atoms with van der Waals surface area (Å²) >= 11 is 0. The molecule has 4 heteroatoms. The van der Waals surface area contributed by atoms with Gasteiger partial charge >= 0.3 is 0 Å². The van der Waals surface area contributed by atoms with E-state index >= 15 is 0 Å². The summed E-state index contributed by atoms with van der Waals surface area (Å²) in [5.74, 6) is 1.41. The van der Waals surface area contributed by atoms with E-state index in [9.17, 15) is 5.11 Å². The Kier molecular flexibility index (Phi) is 5.12. The molecule has 118 valence electrons. The van der Waals surface area contributed by atoms with Crippen LogP contribution in [0.2, 0.25) is 0 Å². The Morgan fingerprint density at radius 1 is 1.10 bits per heavy atom. The van der Waals surface area contributed by atoms with E-state index in [0.29, 0.717) is 31.8 Å². The molecule has 2 atom stereocenters. The Morgan fingerprint density at radius 2 is 1.67 bits per heavy atom. The van der Waals surface area contributed by atoms with E-state index in [1.165, 1.54) is 0 Å². The monoisotopic (exact) mass is 294 g/mol. The van der Waals surface area contributed by atoms with Crippen molar-refractivity contribution in [3.63, 3.8) is 0 Å². The van der Waals surface area contributed by atoms with Crippen LogP contribution in [-0.4, -0.2) is 30.5 Å². The van der Waals surface area contributed by atoms with Gasteiger partial charge in [-0.05, 0) is 45.4 Å². The van der Waals surface area contributed by atoms with Crippen LogP contribution in [0, 0.1) is 0 Å². The van der Waals surface area contributed by atoms with Crippen molar-refractivity contribution >= 4 is 0 Å². The Bertz CT molecular complexity index is 462. The van der Waals surface area contributed by atoms with E-state index in [2.05, 4.69) is 0 Å². The second kappa shape index (κ2) is 6.67. The minimum absolute atomic E-state index is 0.0425. The van der Waals surface area contributed by atoms with Gasteiger partial charge in [-0.25, -0.2) is 0 Å². The summed E-state index contributed by atoms with van der Waals surface area (Å²) < 4.78 is 17.0. The summed E-state index contributed by atoms with van der Waals surface area (Å²) in [6.07, 6.45) is 1.27. The van der Waals surface area contributed by atoms with Gasteiger partial charge in [-0.1, -0.05) is 6.07 Å². The van der Waals surface area contributed by atoms with Crippen molar-refractivity contribution in [1.82, 2.24) is 0 Å². The molecule has 1 aromatic rings. The van der Waals surface area contributed by atoms with Gasteiger partial charge in [0.1, 0.15) is 0 Å². The molecule has 2 unspecified atom stereocenters. The van der Waals surface area contributed by atoms with Crippen molar-refractivity contribution < 1.29 is 19.3 Å². The maximum absolute atomic E-state index is 11.0. The molecule has 0 aromatic heterocycles. The van der Waals surface area contributed by atoms with Gasteiger partial charge in [0.15, 0.2) is 11.5 Å². The first-order valence-electron chi connectivity index (χ1n) is 7.76. The van der Waals surface area contributed by atoms with Crippen LogP contribution in [-0.2, 0) is 10.3 Å². The smallest absolute Gasteiger partial charge is 0.161 e. The minimum Gasteiger partial charge on any atom is -0.490 e. The van der Waals surface area contributed by atoms with Gasteiger partial charge in [0, 0.05) is 12.8 Å². The fourth-order valence-corrected chi connectivity index (χ4v) is 3.10. The zero-order chi connectivity index (χ0) is 15.5. The van der Waals surface area contributed by atoms with E-state index in [0.717, 1.165) is 11.3 Å². The van der Waals surface area contributed by atoms with Crippen LogP contribution in [0.5, 0.6) is 11.5 Å². The van der Waals surface area contributed by atoms with Crippen LogP contribution >= 0.6 is 0 Å². The number of rotatable bonds is 5. The van der Waals surface area contributed by atoms with Crippen molar-refractivity contribution in [2.45, 2.75) is 58.3 Å². The van der Waals surface area contributed by atoms with Crippen LogP contribution in [0.25, 0.3) is 0 Å². The Balaban J connectivity index is 2.32. The van der Waals surface area contributed by atoms with Gasteiger partial charge in [0.25, 0.3) is 0 Å². The fourth-order valence-electron chi connectivity index (χ4n) is 3.10. The number of benzene rings is 1. The molecule has 21 heavy (non-hydrogen) atoms. The summed E-state index contributed by atoms with van der Waals surface area (Å²) in [6.45, 7) is 9.04. The highest BCUT2D eigenvalue weighted by Crippen LogP contribution is 2.40. The van der Waals surface area contributed by atoms with Crippen LogP contribution < -0.4 is 9.47 Å². The average Bonchev–Trinajstić information content (AvgIpc) is 2.39. The molecule has 1 aromatic carbocycles. The van der Waals surface area contributed by atoms with Crippen molar-refractivity contribution in [1.29, 1.82) is 0 Å². The molecule has 0 amide bonds. The second-order valence-electron chi connectivity index (χ2n) is 5.72. The number of hydrogen-bond acceptors (Lipinski definition) is 4. The number of hydrogen-bond donors (Lipinski definition) is 1. The lowest BCUT2D eigenvalue weighted by Crippen LogP contribution is -2.41. The van der Waals surface area contributed by atoms with Gasteiger partial charge in [-0.2, -0.15) is 0 Å². The third-order valence-electron chi connectivity index (χ3n) is 3.80. The highest BCUT2D eigenvalue weighted by molar-refractivity contribution is 5.45. The molecule has 1 fully saturated rings. The first-order chi connectivity index (χ1) is 9.98. The molecule has 4 nitrogen and oxygen atoms in total. The zero-order valence-corrected chi connectivity index (χ0v) is 13.4. The van der Waals surface area contributed by atoms with E-state index in [1.54, 1.807) is 0 Å². The topological polar surface area (TPSA) is 47.9 Å². The standard InChI is InChI=1S/C17H26O4/c1-5-19-15-8-7-14(9-16(15)20-6-2)17(18)10-12(3)21-13(4)11-17/h7-9,12-13,18H,5-6,10-11H2,1-4H3. The Morgan fingerprint density at radius 3 is 2.24 bits per heavy atom. The first-order valence-corrected chi connectivity index (χ1v) is 7.76. The van der Waals surface area contributed by atoms with Crippen LogP contribution in [0.3, 0.4) is 0 Å². The van der Waals surface area contributed by atoms with E-state index in [-0.39, 0.29) is 12.2 Å². The van der Waals surface area contributed by atoms with E-state index in [1.807, 2.05) is 45.9 Å². The predicted molar refractivity (Wildman–Crippen MR) is 81.9 cm³/mol. The second-order valence-corrected chi connectivity index (χ2v) is 5.72. The predicted octanol–water partition coefficient (Wildman–Crippen LogP) is 3.26. The lowest BCUT2D eigenvalue weighted by Gasteiger charge is -2.39. The van der Waals surface area contributed by atoms with Gasteiger partial charge in [0.2, 0.25) is 0 Å². The molecule has 0 aliphatic carbocycles. The van der Waals surface area contributed by atoms with Crippen molar-refractivity contribution in [2.24, 2.45) is 0 Å². The quantitative estimate of drug-likeness (QED) is 0.905. The molecular weight excluding hydrogens is 268 g/mol. The summed E-state index contributed by atoms with van der Waals surface area (Å²) in [7, 11) is 0. The van der Waals surface area contributed by atoms with Gasteiger partial charge < -0.3 is 19.3 Å². The van der Waals surface area contributed by atoms with Crippen molar-refractivity contribution in [2.75, 3.05) is 13.2 Å².